The normalized spacial score (nSPS) is 18.4. The van der Waals surface area contributed by atoms with Crippen LogP contribution in [0.4, 0.5) is 0 Å². The third-order valence-corrected chi connectivity index (χ3v) is 0.500. The van der Waals surface area contributed by atoms with Crippen LogP contribution < -0.4 is 10.6 Å². The van der Waals surface area contributed by atoms with Crippen molar-refractivity contribution in [1.29, 1.82) is 0 Å². The lowest BCUT2D eigenvalue weighted by Gasteiger charge is -1.68. The molecule has 0 spiro atoms. The summed E-state index contributed by atoms with van der Waals surface area (Å²) in [4.78, 5) is 0. The van der Waals surface area contributed by atoms with E-state index in [2.05, 4.69) is 10.6 Å². The molecular weight excluding hydrogens is 172 g/mol. The van der Waals surface area contributed by atoms with Crippen LogP contribution in [0.25, 0.3) is 0 Å². The summed E-state index contributed by atoms with van der Waals surface area (Å²) in [5.74, 6) is 0. The summed E-state index contributed by atoms with van der Waals surface area (Å²) < 4.78 is 31.6. The van der Waals surface area contributed by atoms with Crippen LogP contribution in [0.1, 0.15) is 0 Å². The standard InChI is InChI=1S/2C2H5N.H2O4S/c2*1-2-3-1;1-5(2,3)4/h2*3H,1-2H2;(H2,1,2,3,4). The maximum atomic E-state index is 8.74. The summed E-state index contributed by atoms with van der Waals surface area (Å²) >= 11 is 0. The molecule has 0 amide bonds. The van der Waals surface area contributed by atoms with E-state index < -0.39 is 10.4 Å². The fourth-order valence-corrected chi connectivity index (χ4v) is 0. The van der Waals surface area contributed by atoms with Gasteiger partial charge in [0.15, 0.2) is 0 Å². The van der Waals surface area contributed by atoms with Crippen molar-refractivity contribution in [3.8, 4) is 0 Å². The fraction of sp³-hybridized carbons (Fsp3) is 1.00. The number of nitrogens with one attached hydrogen (secondary N) is 2. The first-order valence-corrected chi connectivity index (χ1v) is 4.51. The SMILES string of the molecule is C1CN1.C1CN1.O=S(=O)(O)O. The summed E-state index contributed by atoms with van der Waals surface area (Å²) in [6.45, 7) is 5.00. The quantitative estimate of drug-likeness (QED) is 0.269. The molecule has 0 aromatic carbocycles. The van der Waals surface area contributed by atoms with Crippen molar-refractivity contribution >= 4 is 10.4 Å². The Bertz CT molecular complexity index is 155. The van der Waals surface area contributed by atoms with Gasteiger partial charge in [-0.15, -0.1) is 0 Å². The highest BCUT2D eigenvalue weighted by molar-refractivity contribution is 7.79. The van der Waals surface area contributed by atoms with Crippen LogP contribution in [0.3, 0.4) is 0 Å². The molecule has 11 heavy (non-hydrogen) atoms. The summed E-state index contributed by atoms with van der Waals surface area (Å²) in [5.41, 5.74) is 0. The summed E-state index contributed by atoms with van der Waals surface area (Å²) in [5, 5.41) is 6.00. The van der Waals surface area contributed by atoms with Gasteiger partial charge in [-0.25, -0.2) is 0 Å². The van der Waals surface area contributed by atoms with E-state index in [0.29, 0.717) is 0 Å². The van der Waals surface area contributed by atoms with Gasteiger partial charge in [-0.1, -0.05) is 0 Å². The highest BCUT2D eigenvalue weighted by atomic mass is 32.3. The van der Waals surface area contributed by atoms with E-state index in [-0.39, 0.29) is 0 Å². The van der Waals surface area contributed by atoms with E-state index in [4.69, 9.17) is 17.5 Å². The molecule has 2 fully saturated rings. The second kappa shape index (κ2) is 5.44. The molecule has 7 heteroatoms. The molecule has 0 bridgehead atoms. The van der Waals surface area contributed by atoms with Crippen molar-refractivity contribution in [2.75, 3.05) is 26.2 Å². The Balaban J connectivity index is 0.000000142. The van der Waals surface area contributed by atoms with Gasteiger partial charge in [0.05, 0.1) is 0 Å². The van der Waals surface area contributed by atoms with Crippen molar-refractivity contribution in [2.24, 2.45) is 0 Å². The molecule has 6 nitrogen and oxygen atoms in total. The van der Waals surface area contributed by atoms with Crippen molar-refractivity contribution in [3.05, 3.63) is 0 Å². The molecule has 0 atom stereocenters. The molecule has 4 N–H and O–H groups in total. The Morgan fingerprint density at radius 3 is 1.00 bits per heavy atom. The van der Waals surface area contributed by atoms with E-state index in [0.717, 1.165) is 0 Å². The molecule has 0 saturated carbocycles. The first-order chi connectivity index (χ1) is 5.00. The summed E-state index contributed by atoms with van der Waals surface area (Å²) in [6.07, 6.45) is 0. The largest absolute Gasteiger partial charge is 0.394 e. The van der Waals surface area contributed by atoms with Crippen LogP contribution in [0.2, 0.25) is 0 Å². The van der Waals surface area contributed by atoms with Crippen LogP contribution in [0, 0.1) is 0 Å². The van der Waals surface area contributed by atoms with Crippen molar-refractivity contribution in [1.82, 2.24) is 10.6 Å². The Kier molecular flexibility index (Phi) is 5.34. The minimum Gasteiger partial charge on any atom is -0.314 e. The van der Waals surface area contributed by atoms with Gasteiger partial charge in [-0.05, 0) is 0 Å². The molecule has 0 radical (unpaired) electrons. The Morgan fingerprint density at radius 1 is 0.909 bits per heavy atom. The van der Waals surface area contributed by atoms with Crippen molar-refractivity contribution in [2.45, 2.75) is 0 Å². The highest BCUT2D eigenvalue weighted by Crippen LogP contribution is 1.65. The third kappa shape index (κ3) is 185. The number of rotatable bonds is 0. The molecule has 2 aliphatic rings. The second-order valence-corrected chi connectivity index (χ2v) is 2.84. The first kappa shape index (κ1) is 10.8. The molecule has 0 aromatic heterocycles. The molecule has 2 heterocycles. The van der Waals surface area contributed by atoms with E-state index in [9.17, 15) is 0 Å². The van der Waals surface area contributed by atoms with Gasteiger partial charge in [-0.2, -0.15) is 8.42 Å². The summed E-state index contributed by atoms with van der Waals surface area (Å²) in [7, 11) is -4.67. The zero-order valence-electron chi connectivity index (χ0n) is 5.95. The Labute approximate surface area is 65.6 Å². The molecule has 68 valence electrons. The predicted octanol–water partition coefficient (Wildman–Crippen LogP) is -1.47. The molecule has 2 aliphatic heterocycles. The Morgan fingerprint density at radius 2 is 1.00 bits per heavy atom. The van der Waals surface area contributed by atoms with Gasteiger partial charge in [0.1, 0.15) is 0 Å². The molecule has 2 saturated heterocycles. The van der Waals surface area contributed by atoms with E-state index in [1.165, 1.54) is 26.2 Å². The van der Waals surface area contributed by atoms with Crippen molar-refractivity contribution < 1.29 is 17.5 Å². The van der Waals surface area contributed by atoms with Gasteiger partial charge in [0, 0.05) is 26.2 Å². The van der Waals surface area contributed by atoms with Crippen LogP contribution in [-0.4, -0.2) is 43.7 Å². The minimum absolute atomic E-state index is 1.25. The third-order valence-electron chi connectivity index (χ3n) is 0.500. The second-order valence-electron chi connectivity index (χ2n) is 1.95. The monoisotopic (exact) mass is 184 g/mol. The van der Waals surface area contributed by atoms with Crippen molar-refractivity contribution in [3.63, 3.8) is 0 Å². The topological polar surface area (TPSA) is 118 Å². The average molecular weight is 184 g/mol. The van der Waals surface area contributed by atoms with Crippen LogP contribution >= 0.6 is 0 Å². The number of hydrogen-bond donors (Lipinski definition) is 4. The zero-order valence-corrected chi connectivity index (χ0v) is 6.76. The average Bonchev–Trinajstić information content (AvgIpc) is 2.58. The van der Waals surface area contributed by atoms with E-state index in [1.54, 1.807) is 0 Å². The molecule has 0 aromatic rings. The van der Waals surface area contributed by atoms with Crippen LogP contribution in [0.15, 0.2) is 0 Å². The van der Waals surface area contributed by atoms with E-state index >= 15 is 0 Å². The maximum Gasteiger partial charge on any atom is 0.394 e. The highest BCUT2D eigenvalue weighted by Gasteiger charge is 1.91. The lowest BCUT2D eigenvalue weighted by atomic mass is 11.0. The van der Waals surface area contributed by atoms with Gasteiger partial charge >= 0.3 is 10.4 Å². The minimum atomic E-state index is -4.67. The molecular formula is C4H12N2O4S. The predicted molar refractivity (Wildman–Crippen MR) is 39.9 cm³/mol. The lowest BCUT2D eigenvalue weighted by molar-refractivity contribution is 0.381. The number of hydrogen-bond acceptors (Lipinski definition) is 4. The van der Waals surface area contributed by atoms with Crippen LogP contribution in [-0.2, 0) is 10.4 Å². The smallest absolute Gasteiger partial charge is 0.314 e. The Hall–Kier alpha value is -0.210. The molecule has 2 rings (SSSR count). The van der Waals surface area contributed by atoms with Crippen LogP contribution in [0.5, 0.6) is 0 Å². The van der Waals surface area contributed by atoms with Gasteiger partial charge < -0.3 is 10.6 Å². The summed E-state index contributed by atoms with van der Waals surface area (Å²) in [6, 6.07) is 0. The first-order valence-electron chi connectivity index (χ1n) is 3.11. The zero-order chi connectivity index (χ0) is 8.74. The molecule has 0 unspecified atom stereocenters. The molecule has 0 aliphatic carbocycles. The van der Waals surface area contributed by atoms with Gasteiger partial charge in [-0.3, -0.25) is 9.11 Å². The lowest BCUT2D eigenvalue weighted by Crippen LogP contribution is -1.89. The van der Waals surface area contributed by atoms with Gasteiger partial charge in [0.25, 0.3) is 0 Å². The maximum absolute atomic E-state index is 8.74. The van der Waals surface area contributed by atoms with E-state index in [1.807, 2.05) is 0 Å². The van der Waals surface area contributed by atoms with Gasteiger partial charge in [0.2, 0.25) is 0 Å². The fourth-order valence-electron chi connectivity index (χ4n) is 0.